The van der Waals surface area contributed by atoms with Crippen LogP contribution in [0.3, 0.4) is 0 Å². The Morgan fingerprint density at radius 1 is 0.650 bits per heavy atom. The summed E-state index contributed by atoms with van der Waals surface area (Å²) < 4.78 is 114. The highest BCUT2D eigenvalue weighted by Crippen LogP contribution is 2.56. The average Bonchev–Trinajstić information content (AvgIpc) is 2.27. The molecule has 0 radical (unpaired) electrons. The topological polar surface area (TPSA) is 0 Å². The second-order valence-electron chi connectivity index (χ2n) is 4.09. The van der Waals surface area contributed by atoms with E-state index in [1.165, 1.54) is 6.92 Å². The summed E-state index contributed by atoms with van der Waals surface area (Å²) in [5.74, 6) is -19.2. The highest BCUT2D eigenvalue weighted by molar-refractivity contribution is 5.28. The van der Waals surface area contributed by atoms with Gasteiger partial charge in [0, 0.05) is 5.56 Å². The van der Waals surface area contributed by atoms with Gasteiger partial charge in [-0.05, 0) is 6.92 Å². The maximum absolute atomic E-state index is 13.4. The second kappa shape index (κ2) is 4.56. The van der Waals surface area contributed by atoms with Crippen molar-refractivity contribution >= 4 is 0 Å². The van der Waals surface area contributed by atoms with Crippen LogP contribution in [-0.4, -0.2) is 18.0 Å². The number of halogens is 9. The molecular formula is C11H7F9. The summed E-state index contributed by atoms with van der Waals surface area (Å²) in [6.07, 6.45) is -6.80. The molecule has 9 heteroatoms. The molecule has 0 nitrogen and oxygen atoms in total. The average molecular weight is 310 g/mol. The first-order chi connectivity index (χ1) is 8.75. The van der Waals surface area contributed by atoms with Crippen molar-refractivity contribution in [2.24, 2.45) is 0 Å². The molecule has 0 fully saturated rings. The highest BCUT2D eigenvalue weighted by Gasteiger charge is 2.81. The molecule has 0 aromatic heterocycles. The highest BCUT2D eigenvalue weighted by atomic mass is 19.4. The predicted molar refractivity (Wildman–Crippen MR) is 51.0 cm³/mol. The van der Waals surface area contributed by atoms with E-state index in [4.69, 9.17) is 0 Å². The minimum Gasteiger partial charge on any atom is -0.194 e. The summed E-state index contributed by atoms with van der Waals surface area (Å²) in [6, 6.07) is 2.53. The third kappa shape index (κ3) is 2.33. The van der Waals surface area contributed by atoms with E-state index < -0.39 is 29.5 Å². The molecule has 0 bridgehead atoms. The predicted octanol–water partition coefficient (Wildman–Crippen LogP) is 4.92. The van der Waals surface area contributed by atoms with Crippen LogP contribution in [0.4, 0.5) is 39.5 Å². The quantitative estimate of drug-likeness (QED) is 0.695. The standard InChI is InChI=1S/C11H7F9/c1-6-2-4-7(5-3-6)8(12,13)9(14,15)10(16,17)11(18,19)20/h2-5H,1H3. The lowest BCUT2D eigenvalue weighted by Crippen LogP contribution is -2.59. The number of aryl methyl sites for hydroxylation is 1. The van der Waals surface area contributed by atoms with E-state index in [0.717, 1.165) is 12.1 Å². The number of rotatable bonds is 3. The zero-order valence-electron chi connectivity index (χ0n) is 9.71. The maximum atomic E-state index is 13.4. The van der Waals surface area contributed by atoms with Crippen molar-refractivity contribution in [3.8, 4) is 0 Å². The number of benzene rings is 1. The fourth-order valence-corrected chi connectivity index (χ4v) is 1.32. The first-order valence-electron chi connectivity index (χ1n) is 5.02. The Morgan fingerprint density at radius 3 is 1.40 bits per heavy atom. The summed E-state index contributed by atoms with van der Waals surface area (Å²) in [4.78, 5) is 0. The summed E-state index contributed by atoms with van der Waals surface area (Å²) in [5.41, 5.74) is -1.28. The van der Waals surface area contributed by atoms with Gasteiger partial charge in [0.15, 0.2) is 0 Å². The van der Waals surface area contributed by atoms with Crippen LogP contribution in [0.1, 0.15) is 11.1 Å². The van der Waals surface area contributed by atoms with E-state index in [-0.39, 0.29) is 0 Å². The van der Waals surface area contributed by atoms with Gasteiger partial charge in [0.25, 0.3) is 0 Å². The van der Waals surface area contributed by atoms with Crippen LogP contribution in [-0.2, 0) is 5.92 Å². The fraction of sp³-hybridized carbons (Fsp3) is 0.455. The lowest BCUT2D eigenvalue weighted by molar-refractivity contribution is -0.399. The van der Waals surface area contributed by atoms with E-state index in [0.29, 0.717) is 17.7 Å². The van der Waals surface area contributed by atoms with Gasteiger partial charge in [-0.3, -0.25) is 0 Å². The minimum atomic E-state index is -6.87. The van der Waals surface area contributed by atoms with Gasteiger partial charge in [-0.15, -0.1) is 0 Å². The van der Waals surface area contributed by atoms with Crippen LogP contribution in [0.15, 0.2) is 24.3 Å². The van der Waals surface area contributed by atoms with E-state index >= 15 is 0 Å². The Hall–Kier alpha value is -1.41. The Bertz CT molecular complexity index is 470. The third-order valence-electron chi connectivity index (χ3n) is 2.56. The smallest absolute Gasteiger partial charge is 0.194 e. The summed E-state index contributed by atoms with van der Waals surface area (Å²) in [7, 11) is 0. The lowest BCUT2D eigenvalue weighted by atomic mass is 9.96. The zero-order valence-corrected chi connectivity index (χ0v) is 9.71. The summed E-state index contributed by atoms with van der Waals surface area (Å²) in [5, 5.41) is 0. The largest absolute Gasteiger partial charge is 0.460 e. The van der Waals surface area contributed by atoms with Crippen LogP contribution < -0.4 is 0 Å². The maximum Gasteiger partial charge on any atom is 0.460 e. The molecule has 0 aliphatic rings. The zero-order chi connectivity index (χ0) is 16.0. The van der Waals surface area contributed by atoms with Gasteiger partial charge in [-0.1, -0.05) is 29.8 Å². The SMILES string of the molecule is Cc1ccc(C(F)(F)C(F)(F)C(F)(F)C(F)(F)F)cc1. The minimum absolute atomic E-state index is 0.343. The molecule has 0 amide bonds. The van der Waals surface area contributed by atoms with Crippen LogP contribution >= 0.6 is 0 Å². The monoisotopic (exact) mass is 310 g/mol. The first-order valence-corrected chi connectivity index (χ1v) is 5.02. The Kier molecular flexibility index (Phi) is 3.79. The van der Waals surface area contributed by atoms with Crippen molar-refractivity contribution < 1.29 is 39.5 Å². The van der Waals surface area contributed by atoms with E-state index in [1.807, 2.05) is 0 Å². The molecular weight excluding hydrogens is 303 g/mol. The molecule has 0 atom stereocenters. The number of hydrogen-bond acceptors (Lipinski definition) is 0. The molecule has 0 aliphatic carbocycles. The number of alkyl halides is 9. The molecule has 0 saturated heterocycles. The fourth-order valence-electron chi connectivity index (χ4n) is 1.32. The molecule has 0 heterocycles. The van der Waals surface area contributed by atoms with Gasteiger partial charge in [-0.25, -0.2) is 0 Å². The lowest BCUT2D eigenvalue weighted by Gasteiger charge is -2.33. The second-order valence-corrected chi connectivity index (χ2v) is 4.09. The molecule has 1 aromatic carbocycles. The van der Waals surface area contributed by atoms with Gasteiger partial charge in [0.1, 0.15) is 0 Å². The van der Waals surface area contributed by atoms with Gasteiger partial charge in [0.05, 0.1) is 0 Å². The van der Waals surface area contributed by atoms with E-state index in [1.54, 1.807) is 0 Å². The van der Waals surface area contributed by atoms with Gasteiger partial charge in [-0.2, -0.15) is 39.5 Å². The molecule has 0 unspecified atom stereocenters. The molecule has 1 aromatic rings. The first kappa shape index (κ1) is 16.6. The molecule has 0 saturated carbocycles. The normalized spacial score (nSPS) is 14.5. The molecule has 0 N–H and O–H groups in total. The summed E-state index contributed by atoms with van der Waals surface area (Å²) >= 11 is 0. The molecule has 20 heavy (non-hydrogen) atoms. The van der Waals surface area contributed by atoms with Crippen LogP contribution in [0.2, 0.25) is 0 Å². The summed E-state index contributed by atoms with van der Waals surface area (Å²) in [6.45, 7) is 1.39. The van der Waals surface area contributed by atoms with Crippen LogP contribution in [0.25, 0.3) is 0 Å². The van der Waals surface area contributed by atoms with Crippen molar-refractivity contribution in [3.05, 3.63) is 35.4 Å². The molecule has 0 spiro atoms. The van der Waals surface area contributed by atoms with Crippen molar-refractivity contribution in [3.63, 3.8) is 0 Å². The Balaban J connectivity index is 3.35. The Morgan fingerprint density at radius 2 is 1.05 bits per heavy atom. The van der Waals surface area contributed by atoms with Crippen molar-refractivity contribution in [2.75, 3.05) is 0 Å². The van der Waals surface area contributed by atoms with Gasteiger partial charge < -0.3 is 0 Å². The molecule has 114 valence electrons. The molecule has 1 rings (SSSR count). The van der Waals surface area contributed by atoms with Crippen LogP contribution in [0, 0.1) is 6.92 Å². The van der Waals surface area contributed by atoms with Gasteiger partial charge in [0.2, 0.25) is 0 Å². The van der Waals surface area contributed by atoms with E-state index in [2.05, 4.69) is 0 Å². The Labute approximate surface area is 107 Å². The molecule has 0 aliphatic heterocycles. The van der Waals surface area contributed by atoms with Gasteiger partial charge >= 0.3 is 23.9 Å². The van der Waals surface area contributed by atoms with Crippen molar-refractivity contribution in [1.29, 1.82) is 0 Å². The third-order valence-corrected chi connectivity index (χ3v) is 2.56. The van der Waals surface area contributed by atoms with Crippen molar-refractivity contribution in [2.45, 2.75) is 30.9 Å². The van der Waals surface area contributed by atoms with Crippen molar-refractivity contribution in [1.82, 2.24) is 0 Å². The number of hydrogen-bond donors (Lipinski definition) is 0. The van der Waals surface area contributed by atoms with E-state index in [9.17, 15) is 39.5 Å². The van der Waals surface area contributed by atoms with Crippen LogP contribution in [0.5, 0.6) is 0 Å².